The fraction of sp³-hybridized carbons (Fsp3) is 0.353. The molecular formula is C17H18N4O4S. The zero-order valence-corrected chi connectivity index (χ0v) is 15.4. The summed E-state index contributed by atoms with van der Waals surface area (Å²) in [5.74, 6) is -0.524. The summed E-state index contributed by atoms with van der Waals surface area (Å²) in [5, 5.41) is 12.9. The topological polar surface area (TPSA) is 114 Å². The van der Waals surface area contributed by atoms with Crippen molar-refractivity contribution in [3.8, 4) is 11.8 Å². The van der Waals surface area contributed by atoms with Gasteiger partial charge in [0.05, 0.1) is 18.7 Å². The van der Waals surface area contributed by atoms with Gasteiger partial charge in [0.25, 0.3) is 10.0 Å². The second-order valence-electron chi connectivity index (χ2n) is 6.09. The summed E-state index contributed by atoms with van der Waals surface area (Å²) in [4.78, 5) is 12.7. The number of amides is 1. The van der Waals surface area contributed by atoms with Crippen molar-refractivity contribution < 1.29 is 17.9 Å². The minimum Gasteiger partial charge on any atom is -0.496 e. The van der Waals surface area contributed by atoms with E-state index >= 15 is 0 Å². The second-order valence-corrected chi connectivity index (χ2v) is 7.69. The number of rotatable bonds is 4. The molecule has 0 aliphatic heterocycles. The summed E-state index contributed by atoms with van der Waals surface area (Å²) < 4.78 is 33.9. The molecule has 1 heterocycles. The molecule has 0 bridgehead atoms. The molecule has 1 aliphatic rings. The molecule has 1 aromatic heterocycles. The first-order valence-corrected chi connectivity index (χ1v) is 9.44. The number of carbonyl (C=O) groups excluding carboxylic acids is 1. The maximum absolute atomic E-state index is 12.7. The highest BCUT2D eigenvalue weighted by Crippen LogP contribution is 2.38. The Labute approximate surface area is 151 Å². The zero-order chi connectivity index (χ0) is 19.1. The Kier molecular flexibility index (Phi) is 4.46. The van der Waals surface area contributed by atoms with Gasteiger partial charge in [-0.05, 0) is 37.0 Å². The van der Waals surface area contributed by atoms with Crippen molar-refractivity contribution in [3.63, 3.8) is 0 Å². The number of nitrogens with one attached hydrogen (secondary N) is 1. The van der Waals surface area contributed by atoms with Crippen molar-refractivity contribution in [2.24, 2.45) is 7.05 Å². The number of fused-ring (bicyclic) bond motifs is 1. The van der Waals surface area contributed by atoms with Crippen molar-refractivity contribution >= 4 is 15.9 Å². The Bertz CT molecular complexity index is 1030. The van der Waals surface area contributed by atoms with Gasteiger partial charge in [-0.2, -0.15) is 18.8 Å². The number of ether oxygens (including phenoxy) is 1. The van der Waals surface area contributed by atoms with Crippen LogP contribution in [0.4, 0.5) is 0 Å². The number of benzene rings is 1. The van der Waals surface area contributed by atoms with E-state index in [1.165, 1.54) is 7.05 Å². The molecule has 1 aliphatic carbocycles. The first-order valence-electron chi connectivity index (χ1n) is 7.96. The molecule has 0 saturated carbocycles. The van der Waals surface area contributed by atoms with Crippen LogP contribution in [0.1, 0.15) is 34.7 Å². The van der Waals surface area contributed by atoms with Gasteiger partial charge in [-0.25, -0.2) is 4.72 Å². The minimum absolute atomic E-state index is 0.0682. The van der Waals surface area contributed by atoms with Gasteiger partial charge < -0.3 is 4.74 Å². The maximum atomic E-state index is 12.7. The number of hydrogen-bond acceptors (Lipinski definition) is 6. The van der Waals surface area contributed by atoms with Crippen LogP contribution in [-0.2, 0) is 28.3 Å². The molecule has 8 nitrogen and oxygen atoms in total. The standard InChI is InChI=1S/C17H18N4O4S/c1-10-14(9-18)17(21(2)19-10)26(23,24)20-16(22)13-8-7-12-11(13)5-4-6-15(12)25-3/h4-6,13H,7-8H2,1-3H3,(H,20,22). The number of sulfonamides is 1. The minimum atomic E-state index is -4.22. The Balaban J connectivity index is 1.92. The Morgan fingerprint density at radius 2 is 2.19 bits per heavy atom. The maximum Gasteiger partial charge on any atom is 0.282 e. The van der Waals surface area contributed by atoms with Gasteiger partial charge in [-0.1, -0.05) is 12.1 Å². The Hall–Kier alpha value is -2.86. The van der Waals surface area contributed by atoms with Crippen LogP contribution in [0.25, 0.3) is 0 Å². The molecule has 1 atom stereocenters. The summed E-state index contributed by atoms with van der Waals surface area (Å²) in [6.07, 6.45) is 1.12. The first kappa shape index (κ1) is 17.9. The number of aromatic nitrogens is 2. The lowest BCUT2D eigenvalue weighted by Gasteiger charge is -2.13. The molecule has 136 valence electrons. The van der Waals surface area contributed by atoms with E-state index in [1.54, 1.807) is 26.2 Å². The van der Waals surface area contributed by atoms with E-state index in [0.29, 0.717) is 24.3 Å². The summed E-state index contributed by atoms with van der Waals surface area (Å²) in [6.45, 7) is 1.54. The highest BCUT2D eigenvalue weighted by Gasteiger charge is 2.35. The van der Waals surface area contributed by atoms with Crippen LogP contribution in [-0.4, -0.2) is 31.2 Å². The van der Waals surface area contributed by atoms with Gasteiger partial charge >= 0.3 is 0 Å². The molecule has 1 aromatic carbocycles. The van der Waals surface area contributed by atoms with Gasteiger partial charge in [-0.15, -0.1) is 0 Å². The summed E-state index contributed by atoms with van der Waals surface area (Å²) in [6, 6.07) is 7.22. The molecule has 3 rings (SSSR count). The second kappa shape index (κ2) is 6.46. The van der Waals surface area contributed by atoms with E-state index in [0.717, 1.165) is 15.8 Å². The number of nitriles is 1. The summed E-state index contributed by atoms with van der Waals surface area (Å²) in [5.41, 5.74) is 1.90. The van der Waals surface area contributed by atoms with Crippen LogP contribution in [0.5, 0.6) is 5.75 Å². The largest absolute Gasteiger partial charge is 0.496 e. The number of methoxy groups -OCH3 is 1. The van der Waals surface area contributed by atoms with Gasteiger partial charge in [0, 0.05) is 7.05 Å². The van der Waals surface area contributed by atoms with Gasteiger partial charge in [0.2, 0.25) is 5.91 Å². The molecular weight excluding hydrogens is 356 g/mol. The van der Waals surface area contributed by atoms with Crippen LogP contribution in [0, 0.1) is 18.3 Å². The predicted molar refractivity (Wildman–Crippen MR) is 92.0 cm³/mol. The quantitative estimate of drug-likeness (QED) is 0.858. The normalized spacial score (nSPS) is 16.0. The fourth-order valence-electron chi connectivity index (χ4n) is 3.41. The molecule has 0 saturated heterocycles. The van der Waals surface area contributed by atoms with E-state index in [9.17, 15) is 18.5 Å². The third kappa shape index (κ3) is 2.82. The lowest BCUT2D eigenvalue weighted by molar-refractivity contribution is -0.120. The average Bonchev–Trinajstić information content (AvgIpc) is 3.14. The van der Waals surface area contributed by atoms with Crippen molar-refractivity contribution in [1.29, 1.82) is 5.26 Å². The lowest BCUT2D eigenvalue weighted by Crippen LogP contribution is -2.35. The van der Waals surface area contributed by atoms with Crippen molar-refractivity contribution in [2.75, 3.05) is 7.11 Å². The lowest BCUT2D eigenvalue weighted by atomic mass is 10.0. The number of aryl methyl sites for hydroxylation is 2. The van der Waals surface area contributed by atoms with Gasteiger partial charge in [0.1, 0.15) is 17.4 Å². The van der Waals surface area contributed by atoms with Crippen LogP contribution >= 0.6 is 0 Å². The molecule has 1 amide bonds. The average molecular weight is 374 g/mol. The Morgan fingerprint density at radius 3 is 2.85 bits per heavy atom. The molecule has 26 heavy (non-hydrogen) atoms. The third-order valence-electron chi connectivity index (χ3n) is 4.53. The van der Waals surface area contributed by atoms with Crippen molar-refractivity contribution in [2.45, 2.75) is 30.7 Å². The number of nitrogens with zero attached hydrogens (tertiary/aromatic N) is 3. The molecule has 9 heteroatoms. The number of carbonyl (C=O) groups is 1. The monoisotopic (exact) mass is 374 g/mol. The van der Waals surface area contributed by atoms with E-state index in [1.807, 2.05) is 12.1 Å². The molecule has 0 radical (unpaired) electrons. The third-order valence-corrected chi connectivity index (χ3v) is 5.98. The van der Waals surface area contributed by atoms with E-state index in [-0.39, 0.29) is 10.6 Å². The highest BCUT2D eigenvalue weighted by molar-refractivity contribution is 7.90. The molecule has 1 N–H and O–H groups in total. The molecule has 0 fully saturated rings. The van der Waals surface area contributed by atoms with Crippen molar-refractivity contribution in [3.05, 3.63) is 40.6 Å². The van der Waals surface area contributed by atoms with Gasteiger partial charge in [-0.3, -0.25) is 9.48 Å². The van der Waals surface area contributed by atoms with Crippen LogP contribution < -0.4 is 9.46 Å². The zero-order valence-electron chi connectivity index (χ0n) is 14.6. The highest BCUT2D eigenvalue weighted by atomic mass is 32.2. The van der Waals surface area contributed by atoms with E-state index in [4.69, 9.17) is 4.74 Å². The Morgan fingerprint density at radius 1 is 1.46 bits per heavy atom. The van der Waals surface area contributed by atoms with Crippen LogP contribution in [0.2, 0.25) is 0 Å². The van der Waals surface area contributed by atoms with Crippen molar-refractivity contribution in [1.82, 2.24) is 14.5 Å². The SMILES string of the molecule is COc1cccc2c1CCC2C(=O)NS(=O)(=O)c1c(C#N)c(C)nn1C. The fourth-order valence-corrected chi connectivity index (χ4v) is 4.76. The summed E-state index contributed by atoms with van der Waals surface area (Å²) >= 11 is 0. The molecule has 1 unspecified atom stereocenters. The predicted octanol–water partition coefficient (Wildman–Crippen LogP) is 1.14. The molecule has 0 spiro atoms. The smallest absolute Gasteiger partial charge is 0.282 e. The van der Waals surface area contributed by atoms with E-state index in [2.05, 4.69) is 9.82 Å². The van der Waals surface area contributed by atoms with E-state index < -0.39 is 21.8 Å². The van der Waals surface area contributed by atoms with Crippen LogP contribution in [0.3, 0.4) is 0 Å². The van der Waals surface area contributed by atoms with Crippen LogP contribution in [0.15, 0.2) is 23.2 Å². The first-order chi connectivity index (χ1) is 12.3. The van der Waals surface area contributed by atoms with Gasteiger partial charge in [0.15, 0.2) is 5.03 Å². The molecule has 2 aromatic rings. The number of hydrogen-bond donors (Lipinski definition) is 1. The summed E-state index contributed by atoms with van der Waals surface area (Å²) in [7, 11) is -1.24.